The van der Waals surface area contributed by atoms with Gasteiger partial charge in [0.25, 0.3) is 5.91 Å². The molecule has 1 heterocycles. The van der Waals surface area contributed by atoms with Gasteiger partial charge in [0.05, 0.1) is 23.4 Å². The first-order chi connectivity index (χ1) is 19.5. The first-order valence-corrected chi connectivity index (χ1v) is 14.2. The van der Waals surface area contributed by atoms with Gasteiger partial charge < -0.3 is 20.1 Å². The number of esters is 2. The maximum atomic E-state index is 13.8. The molecule has 4 aromatic rings. The second kappa shape index (κ2) is 12.6. The van der Waals surface area contributed by atoms with Gasteiger partial charge >= 0.3 is 11.9 Å². The van der Waals surface area contributed by atoms with Crippen LogP contribution in [0.1, 0.15) is 62.6 Å². The summed E-state index contributed by atoms with van der Waals surface area (Å²) in [6, 6.07) is 25.3. The highest BCUT2D eigenvalue weighted by molar-refractivity contribution is 7.17. The van der Waals surface area contributed by atoms with E-state index in [0.717, 1.165) is 41.8 Å². The number of para-hydroxylation sites is 2. The third-order valence-electron chi connectivity index (χ3n) is 6.65. The molecular formula is C32H30N2O5S. The van der Waals surface area contributed by atoms with E-state index in [1.54, 1.807) is 49.4 Å². The van der Waals surface area contributed by atoms with Crippen molar-refractivity contribution in [3.8, 4) is 0 Å². The van der Waals surface area contributed by atoms with Crippen LogP contribution in [0.4, 0.5) is 16.4 Å². The van der Waals surface area contributed by atoms with Crippen LogP contribution in [0.25, 0.3) is 0 Å². The number of nitrogens with one attached hydrogen (secondary N) is 2. The fourth-order valence-electron chi connectivity index (χ4n) is 4.77. The maximum absolute atomic E-state index is 13.8. The monoisotopic (exact) mass is 554 g/mol. The molecule has 1 amide bonds. The van der Waals surface area contributed by atoms with Crippen LogP contribution in [0.15, 0.2) is 84.9 Å². The summed E-state index contributed by atoms with van der Waals surface area (Å²) < 4.78 is 11.2. The lowest BCUT2D eigenvalue weighted by atomic mass is 9.95. The number of rotatable bonds is 9. The lowest BCUT2D eigenvalue weighted by molar-refractivity contribution is -0.125. The van der Waals surface area contributed by atoms with Crippen LogP contribution in [0.5, 0.6) is 0 Å². The number of anilines is 3. The zero-order chi connectivity index (χ0) is 27.9. The average Bonchev–Trinajstić information content (AvgIpc) is 3.35. The van der Waals surface area contributed by atoms with Gasteiger partial charge in [-0.2, -0.15) is 0 Å². The molecule has 0 unspecified atom stereocenters. The minimum atomic E-state index is -1.24. The molecule has 1 atom stereocenters. The van der Waals surface area contributed by atoms with Crippen molar-refractivity contribution in [1.29, 1.82) is 0 Å². The zero-order valence-corrected chi connectivity index (χ0v) is 23.0. The molecule has 40 heavy (non-hydrogen) atoms. The minimum Gasteiger partial charge on any atom is -0.462 e. The molecule has 0 spiro atoms. The highest BCUT2D eigenvalue weighted by Crippen LogP contribution is 2.39. The van der Waals surface area contributed by atoms with Gasteiger partial charge in [-0.1, -0.05) is 60.7 Å². The highest BCUT2D eigenvalue weighted by atomic mass is 32.1. The van der Waals surface area contributed by atoms with Crippen molar-refractivity contribution in [3.63, 3.8) is 0 Å². The average molecular weight is 555 g/mol. The van der Waals surface area contributed by atoms with Gasteiger partial charge in [-0.05, 0) is 62.4 Å². The van der Waals surface area contributed by atoms with Crippen molar-refractivity contribution < 1.29 is 23.9 Å². The largest absolute Gasteiger partial charge is 0.462 e. The molecule has 7 nitrogen and oxygen atoms in total. The molecule has 3 aromatic carbocycles. The molecular weight excluding hydrogens is 524 g/mol. The van der Waals surface area contributed by atoms with E-state index in [-0.39, 0.29) is 6.61 Å². The van der Waals surface area contributed by atoms with Crippen LogP contribution >= 0.6 is 11.3 Å². The topological polar surface area (TPSA) is 93.7 Å². The lowest BCUT2D eigenvalue weighted by Gasteiger charge is -2.19. The van der Waals surface area contributed by atoms with Crippen LogP contribution in [-0.2, 0) is 27.1 Å². The van der Waals surface area contributed by atoms with Gasteiger partial charge in [0.2, 0.25) is 6.10 Å². The number of fused-ring (bicyclic) bond motifs is 1. The Balaban J connectivity index is 1.44. The zero-order valence-electron chi connectivity index (χ0n) is 22.1. The number of hydrogen-bond donors (Lipinski definition) is 2. The summed E-state index contributed by atoms with van der Waals surface area (Å²) >= 11 is 1.39. The number of thiophene rings is 1. The van der Waals surface area contributed by atoms with Gasteiger partial charge in [-0.25, -0.2) is 9.59 Å². The Bertz CT molecular complexity index is 1500. The fraction of sp³-hybridized carbons (Fsp3) is 0.219. The summed E-state index contributed by atoms with van der Waals surface area (Å²) in [6.45, 7) is 1.99. The minimum absolute atomic E-state index is 0.234. The predicted octanol–water partition coefficient (Wildman–Crippen LogP) is 7.08. The maximum Gasteiger partial charge on any atom is 0.341 e. The van der Waals surface area contributed by atoms with Crippen molar-refractivity contribution >= 4 is 45.6 Å². The van der Waals surface area contributed by atoms with E-state index in [2.05, 4.69) is 10.6 Å². The Kier molecular flexibility index (Phi) is 8.56. The van der Waals surface area contributed by atoms with Crippen LogP contribution in [0.2, 0.25) is 0 Å². The van der Waals surface area contributed by atoms with Crippen LogP contribution in [0, 0.1) is 0 Å². The molecule has 0 fully saturated rings. The first-order valence-electron chi connectivity index (χ1n) is 13.3. The summed E-state index contributed by atoms with van der Waals surface area (Å²) in [7, 11) is 0. The van der Waals surface area contributed by atoms with Crippen molar-refractivity contribution in [3.05, 3.63) is 112 Å². The number of ether oxygens (including phenoxy) is 2. The van der Waals surface area contributed by atoms with Gasteiger partial charge in [-0.15, -0.1) is 11.3 Å². The molecule has 1 aliphatic rings. The predicted molar refractivity (Wildman–Crippen MR) is 156 cm³/mol. The van der Waals surface area contributed by atoms with E-state index in [4.69, 9.17) is 9.47 Å². The van der Waals surface area contributed by atoms with E-state index in [0.29, 0.717) is 27.4 Å². The third kappa shape index (κ3) is 6.07. The SMILES string of the molecule is CCOC(=O)c1c(NC(=O)[C@@H](OC(=O)c2ccccc2Nc2ccccc2)c2ccccc2)sc2c1CCCC2. The summed E-state index contributed by atoms with van der Waals surface area (Å²) in [5, 5.41) is 6.58. The van der Waals surface area contributed by atoms with Gasteiger partial charge in [0.1, 0.15) is 5.00 Å². The Labute approximate surface area is 237 Å². The number of hydrogen-bond acceptors (Lipinski definition) is 7. The van der Waals surface area contributed by atoms with Gasteiger partial charge in [-0.3, -0.25) is 4.79 Å². The van der Waals surface area contributed by atoms with E-state index in [1.807, 2.05) is 42.5 Å². The smallest absolute Gasteiger partial charge is 0.341 e. The summed E-state index contributed by atoms with van der Waals surface area (Å²) in [5.41, 5.74) is 3.53. The molecule has 1 aliphatic carbocycles. The van der Waals surface area contributed by atoms with Crippen molar-refractivity contribution in [2.75, 3.05) is 17.2 Å². The number of benzene rings is 3. The van der Waals surface area contributed by atoms with Crippen molar-refractivity contribution in [1.82, 2.24) is 0 Å². The quantitative estimate of drug-likeness (QED) is 0.215. The van der Waals surface area contributed by atoms with Crippen molar-refractivity contribution in [2.24, 2.45) is 0 Å². The molecule has 1 aromatic heterocycles. The fourth-order valence-corrected chi connectivity index (χ4v) is 6.05. The summed E-state index contributed by atoms with van der Waals surface area (Å²) in [4.78, 5) is 41.2. The Morgan fingerprint density at radius 2 is 1.52 bits per heavy atom. The second-order valence-corrected chi connectivity index (χ2v) is 10.5. The molecule has 0 radical (unpaired) electrons. The first kappa shape index (κ1) is 27.1. The second-order valence-electron chi connectivity index (χ2n) is 9.36. The molecule has 204 valence electrons. The number of carbonyl (C=O) groups excluding carboxylic acids is 3. The molecule has 2 N–H and O–H groups in total. The standard InChI is InChI=1S/C32H30N2O5S/c1-2-38-32(37)27-24-18-10-12-20-26(24)40-30(27)34-29(35)28(21-13-5-3-6-14-21)39-31(36)23-17-9-11-19-25(23)33-22-15-7-4-8-16-22/h3-9,11,13-17,19,28,33H,2,10,12,18,20H2,1H3,(H,34,35)/t28-/m0/s1. The molecule has 0 saturated heterocycles. The molecule has 0 aliphatic heterocycles. The lowest BCUT2D eigenvalue weighted by Crippen LogP contribution is -2.26. The van der Waals surface area contributed by atoms with Crippen LogP contribution in [-0.4, -0.2) is 24.5 Å². The van der Waals surface area contributed by atoms with E-state index < -0.39 is 23.9 Å². The number of aryl methyl sites for hydroxylation is 1. The Morgan fingerprint density at radius 1 is 0.850 bits per heavy atom. The Morgan fingerprint density at radius 3 is 2.27 bits per heavy atom. The summed E-state index contributed by atoms with van der Waals surface area (Å²) in [6.07, 6.45) is 2.38. The van der Waals surface area contributed by atoms with Crippen molar-refractivity contribution in [2.45, 2.75) is 38.7 Å². The molecule has 0 saturated carbocycles. The van der Waals surface area contributed by atoms with E-state index in [9.17, 15) is 14.4 Å². The molecule has 0 bridgehead atoms. The number of carbonyl (C=O) groups is 3. The summed E-state index contributed by atoms with van der Waals surface area (Å²) in [5.74, 6) is -1.65. The third-order valence-corrected chi connectivity index (χ3v) is 7.86. The molecule has 8 heteroatoms. The normalized spacial score (nSPS) is 13.0. The van der Waals surface area contributed by atoms with E-state index in [1.165, 1.54) is 11.3 Å². The Hall–Kier alpha value is -4.43. The van der Waals surface area contributed by atoms with Crippen LogP contribution in [0.3, 0.4) is 0 Å². The van der Waals surface area contributed by atoms with Crippen LogP contribution < -0.4 is 10.6 Å². The highest BCUT2D eigenvalue weighted by Gasteiger charge is 2.31. The van der Waals surface area contributed by atoms with Gasteiger partial charge in [0, 0.05) is 16.1 Å². The molecule has 5 rings (SSSR count). The number of amides is 1. The van der Waals surface area contributed by atoms with E-state index >= 15 is 0 Å². The van der Waals surface area contributed by atoms with Gasteiger partial charge in [0.15, 0.2) is 0 Å².